The summed E-state index contributed by atoms with van der Waals surface area (Å²) in [7, 11) is 1.64. The van der Waals surface area contributed by atoms with Crippen molar-refractivity contribution in [1.82, 2.24) is 4.90 Å². The summed E-state index contributed by atoms with van der Waals surface area (Å²) in [6.07, 6.45) is 2.34. The molecule has 33 heavy (non-hydrogen) atoms. The van der Waals surface area contributed by atoms with Crippen LogP contribution in [0.4, 0.5) is 18.9 Å². The molecule has 3 rings (SSSR count). The van der Waals surface area contributed by atoms with Crippen LogP contribution in [0.2, 0.25) is 0 Å². The molecule has 1 unspecified atom stereocenters. The van der Waals surface area contributed by atoms with Crippen molar-refractivity contribution in [3.05, 3.63) is 29.8 Å². The molecule has 0 radical (unpaired) electrons. The molecule has 1 saturated carbocycles. The Kier molecular flexibility index (Phi) is 9.58. The average Bonchev–Trinajstić information content (AvgIpc) is 2.82. The Bertz CT molecular complexity index is 743. The van der Waals surface area contributed by atoms with Crippen LogP contribution < -0.4 is 10.6 Å². The molecule has 2 aliphatic rings. The fourth-order valence-corrected chi connectivity index (χ4v) is 5.13. The van der Waals surface area contributed by atoms with Gasteiger partial charge in [0.2, 0.25) is 0 Å². The van der Waals surface area contributed by atoms with Gasteiger partial charge in [-0.3, -0.25) is 9.69 Å². The summed E-state index contributed by atoms with van der Waals surface area (Å²) in [5.41, 5.74) is 6.30. The summed E-state index contributed by atoms with van der Waals surface area (Å²) >= 11 is 0. The van der Waals surface area contributed by atoms with Crippen molar-refractivity contribution in [2.75, 3.05) is 51.3 Å². The number of Topliss-reactive ketones (excluding diaryl/α,β-unsaturated/α-hetero) is 1. The number of alkyl halides is 3. The lowest BCUT2D eigenvalue weighted by atomic mass is 9.76. The number of hydrogen-bond donors (Lipinski definition) is 1. The highest BCUT2D eigenvalue weighted by atomic mass is 19.4. The second-order valence-corrected chi connectivity index (χ2v) is 9.53. The number of anilines is 1. The first-order valence-electron chi connectivity index (χ1n) is 12.2. The minimum Gasteiger partial charge on any atom is -0.385 e. The van der Waals surface area contributed by atoms with E-state index in [1.54, 1.807) is 13.2 Å². The van der Waals surface area contributed by atoms with Crippen molar-refractivity contribution in [3.63, 3.8) is 0 Å². The summed E-state index contributed by atoms with van der Waals surface area (Å²) in [6.45, 7) is 4.84. The van der Waals surface area contributed by atoms with E-state index in [2.05, 4.69) is 4.90 Å². The number of ketones is 1. The molecule has 1 aromatic rings. The van der Waals surface area contributed by atoms with Gasteiger partial charge in [-0.25, -0.2) is 0 Å². The number of piperazine rings is 1. The fourth-order valence-electron chi connectivity index (χ4n) is 5.13. The average molecular weight is 470 g/mol. The zero-order chi connectivity index (χ0) is 23.8. The van der Waals surface area contributed by atoms with Crippen LogP contribution in [0.1, 0.15) is 50.5 Å². The normalized spacial score (nSPS) is 23.5. The molecule has 1 atom stereocenters. The maximum atomic E-state index is 13.0. The van der Waals surface area contributed by atoms with Crippen molar-refractivity contribution >= 4 is 11.5 Å². The number of nitrogens with zero attached hydrogens (tertiary/aromatic N) is 2. The maximum Gasteiger partial charge on any atom is 0.416 e. The largest absolute Gasteiger partial charge is 0.416 e. The predicted molar refractivity (Wildman–Crippen MR) is 124 cm³/mol. The number of benzene rings is 1. The second kappa shape index (κ2) is 12.2. The van der Waals surface area contributed by atoms with Gasteiger partial charge < -0.3 is 15.4 Å². The Labute approximate surface area is 195 Å². The van der Waals surface area contributed by atoms with Crippen LogP contribution in [0.5, 0.6) is 0 Å². The monoisotopic (exact) mass is 469 g/mol. The number of hydrogen-bond acceptors (Lipinski definition) is 5. The van der Waals surface area contributed by atoms with Crippen LogP contribution >= 0.6 is 0 Å². The SMILES string of the molecule is COCCCC(=O)C(N)C1CCC(CCN2CCN(c3cccc(C(F)(F)F)c3)CC2)CC1. The molecular formula is C25H38F3N3O2. The lowest BCUT2D eigenvalue weighted by Crippen LogP contribution is -2.47. The van der Waals surface area contributed by atoms with E-state index in [0.29, 0.717) is 30.6 Å². The molecule has 8 heteroatoms. The van der Waals surface area contributed by atoms with Crippen molar-refractivity contribution in [2.24, 2.45) is 17.6 Å². The summed E-state index contributed by atoms with van der Waals surface area (Å²) < 4.78 is 44.0. The second-order valence-electron chi connectivity index (χ2n) is 9.53. The first-order valence-corrected chi connectivity index (χ1v) is 12.2. The third-order valence-corrected chi connectivity index (χ3v) is 7.31. The number of rotatable bonds is 10. The van der Waals surface area contributed by atoms with Gasteiger partial charge >= 0.3 is 6.18 Å². The summed E-state index contributed by atoms with van der Waals surface area (Å²) in [6, 6.07) is 5.28. The maximum absolute atomic E-state index is 13.0. The van der Waals surface area contributed by atoms with Crippen molar-refractivity contribution in [3.8, 4) is 0 Å². The Hall–Kier alpha value is -1.64. The quantitative estimate of drug-likeness (QED) is 0.517. The van der Waals surface area contributed by atoms with E-state index in [4.69, 9.17) is 10.5 Å². The minimum absolute atomic E-state index is 0.161. The molecule has 2 N–H and O–H groups in total. The zero-order valence-electron chi connectivity index (χ0n) is 19.7. The minimum atomic E-state index is -4.31. The van der Waals surface area contributed by atoms with Gasteiger partial charge in [0.15, 0.2) is 0 Å². The Balaban J connectivity index is 1.35. The lowest BCUT2D eigenvalue weighted by molar-refractivity contribution is -0.137. The summed E-state index contributed by atoms with van der Waals surface area (Å²) in [5.74, 6) is 1.12. The lowest BCUT2D eigenvalue weighted by Gasteiger charge is -2.37. The standard InChI is InChI=1S/C25H38F3N3O2/c1-33-17-3-6-23(32)24(29)20-9-7-19(8-10-20)11-12-30-13-15-31(16-14-30)22-5-2-4-21(18-22)25(26,27)28/h2,4-5,18-20,24H,3,6-17,29H2,1H3. The number of nitrogens with two attached hydrogens (primary N) is 1. The smallest absolute Gasteiger partial charge is 0.385 e. The van der Waals surface area contributed by atoms with Gasteiger partial charge in [0.25, 0.3) is 0 Å². The molecule has 1 aliphatic heterocycles. The highest BCUT2D eigenvalue weighted by molar-refractivity contribution is 5.84. The van der Waals surface area contributed by atoms with Gasteiger partial charge in [-0.2, -0.15) is 13.2 Å². The molecule has 0 amide bonds. The van der Waals surface area contributed by atoms with E-state index in [9.17, 15) is 18.0 Å². The molecular weight excluding hydrogens is 431 g/mol. The first kappa shape index (κ1) is 26.0. The van der Waals surface area contributed by atoms with E-state index < -0.39 is 11.7 Å². The van der Waals surface area contributed by atoms with Crippen LogP contribution in [-0.4, -0.2) is 63.2 Å². The zero-order valence-corrected chi connectivity index (χ0v) is 19.7. The van der Waals surface area contributed by atoms with Gasteiger partial charge in [0.1, 0.15) is 5.78 Å². The van der Waals surface area contributed by atoms with E-state index >= 15 is 0 Å². The van der Waals surface area contributed by atoms with Crippen molar-refractivity contribution < 1.29 is 22.7 Å². The molecule has 5 nitrogen and oxygen atoms in total. The van der Waals surface area contributed by atoms with Crippen LogP contribution in [0, 0.1) is 11.8 Å². The van der Waals surface area contributed by atoms with Crippen LogP contribution in [0.3, 0.4) is 0 Å². The highest BCUT2D eigenvalue weighted by Gasteiger charge is 2.32. The highest BCUT2D eigenvalue weighted by Crippen LogP contribution is 2.34. The third kappa shape index (κ3) is 7.69. The molecule has 2 fully saturated rings. The molecule has 1 heterocycles. The van der Waals surface area contributed by atoms with Crippen LogP contribution in [0.25, 0.3) is 0 Å². The Morgan fingerprint density at radius 3 is 2.48 bits per heavy atom. The number of halogens is 3. The fraction of sp³-hybridized carbons (Fsp3) is 0.720. The molecule has 1 aromatic carbocycles. The first-order chi connectivity index (χ1) is 15.8. The van der Waals surface area contributed by atoms with Gasteiger partial charge in [0.05, 0.1) is 11.6 Å². The van der Waals surface area contributed by atoms with E-state index in [1.165, 1.54) is 12.1 Å². The van der Waals surface area contributed by atoms with Gasteiger partial charge in [-0.1, -0.05) is 18.9 Å². The molecule has 186 valence electrons. The Morgan fingerprint density at radius 1 is 1.15 bits per heavy atom. The van der Waals surface area contributed by atoms with E-state index in [1.807, 2.05) is 4.90 Å². The molecule has 0 spiro atoms. The van der Waals surface area contributed by atoms with Crippen molar-refractivity contribution in [1.29, 1.82) is 0 Å². The van der Waals surface area contributed by atoms with Gasteiger partial charge in [-0.15, -0.1) is 0 Å². The van der Waals surface area contributed by atoms with E-state index in [0.717, 1.165) is 77.3 Å². The van der Waals surface area contributed by atoms with E-state index in [-0.39, 0.29) is 11.8 Å². The molecule has 1 aliphatic carbocycles. The van der Waals surface area contributed by atoms with Crippen molar-refractivity contribution in [2.45, 2.75) is 57.2 Å². The third-order valence-electron chi connectivity index (χ3n) is 7.31. The molecule has 0 bridgehead atoms. The summed E-state index contributed by atoms with van der Waals surface area (Å²) in [4.78, 5) is 16.7. The number of carbonyl (C=O) groups excluding carboxylic acids is 1. The van der Waals surface area contributed by atoms with Gasteiger partial charge in [-0.05, 0) is 62.3 Å². The number of ether oxygens (including phenoxy) is 1. The number of methoxy groups -OCH3 is 1. The number of carbonyl (C=O) groups is 1. The topological polar surface area (TPSA) is 58.8 Å². The van der Waals surface area contributed by atoms with Gasteiger partial charge in [0, 0.05) is 52.0 Å². The summed E-state index contributed by atoms with van der Waals surface area (Å²) in [5, 5.41) is 0. The van der Waals surface area contributed by atoms with Crippen LogP contribution in [0.15, 0.2) is 24.3 Å². The van der Waals surface area contributed by atoms with Crippen LogP contribution in [-0.2, 0) is 15.7 Å². The predicted octanol–water partition coefficient (Wildman–Crippen LogP) is 4.35. The molecule has 0 aromatic heterocycles. The Morgan fingerprint density at radius 2 is 1.85 bits per heavy atom. The molecule has 1 saturated heterocycles.